The van der Waals surface area contributed by atoms with Gasteiger partial charge in [-0.15, -0.1) is 0 Å². The van der Waals surface area contributed by atoms with E-state index in [-0.39, 0.29) is 6.61 Å². The number of esters is 2. The highest BCUT2D eigenvalue weighted by Gasteiger charge is 2.17. The highest BCUT2D eigenvalue weighted by molar-refractivity contribution is 5.91. The molecule has 0 aliphatic rings. The van der Waals surface area contributed by atoms with E-state index >= 15 is 0 Å². The van der Waals surface area contributed by atoms with Gasteiger partial charge in [0.2, 0.25) is 0 Å². The summed E-state index contributed by atoms with van der Waals surface area (Å²) in [5.74, 6) is -2.82. The Hall–Kier alpha value is -1.85. The number of hydrogen-bond donors (Lipinski definition) is 1. The van der Waals surface area contributed by atoms with Crippen LogP contribution < -0.4 is 0 Å². The highest BCUT2D eigenvalue weighted by Crippen LogP contribution is 1.97. The Morgan fingerprint density at radius 2 is 1.94 bits per heavy atom. The molecule has 0 aromatic carbocycles. The fourth-order valence-electron chi connectivity index (χ4n) is 0.721. The van der Waals surface area contributed by atoms with Gasteiger partial charge in [-0.05, 0) is 13.3 Å². The van der Waals surface area contributed by atoms with E-state index in [1.54, 1.807) is 0 Å². The van der Waals surface area contributed by atoms with Crippen LogP contribution in [0.25, 0.3) is 0 Å². The van der Waals surface area contributed by atoms with Gasteiger partial charge in [-0.1, -0.05) is 6.92 Å². The van der Waals surface area contributed by atoms with Gasteiger partial charge in [-0.25, -0.2) is 14.4 Å². The zero-order valence-electron chi connectivity index (χ0n) is 9.13. The fraction of sp³-hybridized carbons (Fsp3) is 0.500. The third-order valence-corrected chi connectivity index (χ3v) is 1.44. The van der Waals surface area contributed by atoms with E-state index in [1.165, 1.54) is 6.92 Å². The Balaban J connectivity index is 4.03. The van der Waals surface area contributed by atoms with Crippen molar-refractivity contribution in [3.8, 4) is 0 Å². The van der Waals surface area contributed by atoms with Gasteiger partial charge < -0.3 is 14.6 Å². The third kappa shape index (κ3) is 6.58. The third-order valence-electron chi connectivity index (χ3n) is 1.44. The van der Waals surface area contributed by atoms with Crippen LogP contribution in [0.5, 0.6) is 0 Å². The second-order valence-electron chi connectivity index (χ2n) is 2.92. The summed E-state index contributed by atoms with van der Waals surface area (Å²) in [5.41, 5.74) is 0. The summed E-state index contributed by atoms with van der Waals surface area (Å²) in [6, 6.07) is 0. The van der Waals surface area contributed by atoms with E-state index in [0.29, 0.717) is 12.5 Å². The number of carbonyl (C=O) groups is 3. The van der Waals surface area contributed by atoms with Crippen molar-refractivity contribution in [2.24, 2.45) is 0 Å². The molecule has 0 aliphatic heterocycles. The summed E-state index contributed by atoms with van der Waals surface area (Å²) in [5, 5.41) is 8.24. The largest absolute Gasteiger partial charge is 0.478 e. The molecule has 1 atom stereocenters. The summed E-state index contributed by atoms with van der Waals surface area (Å²) >= 11 is 0. The molecule has 0 fully saturated rings. The first-order valence-corrected chi connectivity index (χ1v) is 4.75. The average Bonchev–Trinajstić information content (AvgIpc) is 2.22. The Kier molecular flexibility index (Phi) is 6.58. The molecular weight excluding hydrogens is 216 g/mol. The molecular formula is C10H14O6. The minimum Gasteiger partial charge on any atom is -0.478 e. The first kappa shape index (κ1) is 14.2. The number of hydrogen-bond acceptors (Lipinski definition) is 5. The van der Waals surface area contributed by atoms with Gasteiger partial charge in [0.1, 0.15) is 0 Å². The van der Waals surface area contributed by atoms with Crippen molar-refractivity contribution in [3.63, 3.8) is 0 Å². The smallest absolute Gasteiger partial charge is 0.347 e. The maximum atomic E-state index is 11.1. The van der Waals surface area contributed by atoms with Gasteiger partial charge in [-0.2, -0.15) is 0 Å². The van der Waals surface area contributed by atoms with E-state index in [1.807, 2.05) is 6.92 Å². The topological polar surface area (TPSA) is 89.9 Å². The summed E-state index contributed by atoms with van der Waals surface area (Å²) in [6.45, 7) is 3.44. The van der Waals surface area contributed by atoms with Crippen LogP contribution in [0.3, 0.4) is 0 Å². The lowest BCUT2D eigenvalue weighted by Crippen LogP contribution is -2.25. The van der Waals surface area contributed by atoms with Crippen LogP contribution in [-0.4, -0.2) is 35.7 Å². The highest BCUT2D eigenvalue weighted by atomic mass is 16.6. The van der Waals surface area contributed by atoms with Crippen LogP contribution in [0.2, 0.25) is 0 Å². The van der Waals surface area contributed by atoms with Crippen molar-refractivity contribution in [3.05, 3.63) is 12.2 Å². The van der Waals surface area contributed by atoms with Crippen LogP contribution in [0.1, 0.15) is 20.3 Å². The Labute approximate surface area is 92.8 Å². The molecule has 90 valence electrons. The van der Waals surface area contributed by atoms with E-state index in [9.17, 15) is 14.4 Å². The summed E-state index contributed by atoms with van der Waals surface area (Å²) in [6.07, 6.45) is 0.987. The molecule has 0 aliphatic carbocycles. The van der Waals surface area contributed by atoms with Gasteiger partial charge in [-0.3, -0.25) is 0 Å². The predicted octanol–water partition coefficient (Wildman–Crippen LogP) is 0.512. The molecule has 1 N–H and O–H groups in total. The lowest BCUT2D eigenvalue weighted by molar-refractivity contribution is -0.163. The minimum atomic E-state index is -1.27. The number of carboxylic acids is 1. The van der Waals surface area contributed by atoms with Gasteiger partial charge >= 0.3 is 17.9 Å². The first-order chi connectivity index (χ1) is 7.47. The lowest BCUT2D eigenvalue weighted by Gasteiger charge is -2.10. The Morgan fingerprint density at radius 3 is 2.44 bits per heavy atom. The van der Waals surface area contributed by atoms with Crippen LogP contribution in [0, 0.1) is 0 Å². The average molecular weight is 230 g/mol. The van der Waals surface area contributed by atoms with Gasteiger partial charge in [0.25, 0.3) is 0 Å². The second kappa shape index (κ2) is 7.44. The summed E-state index contributed by atoms with van der Waals surface area (Å²) in [7, 11) is 0. The molecule has 6 heteroatoms. The number of aliphatic carboxylic acids is 1. The fourth-order valence-corrected chi connectivity index (χ4v) is 0.721. The van der Waals surface area contributed by atoms with Crippen LogP contribution >= 0.6 is 0 Å². The number of rotatable bonds is 6. The SMILES string of the molecule is CCCOC(=O)C(C)OC(=O)/C=C/C(=O)O. The minimum absolute atomic E-state index is 0.256. The summed E-state index contributed by atoms with van der Waals surface area (Å²) < 4.78 is 9.32. The lowest BCUT2D eigenvalue weighted by atomic mass is 10.4. The molecule has 0 heterocycles. The molecule has 0 aromatic heterocycles. The first-order valence-electron chi connectivity index (χ1n) is 4.75. The quantitative estimate of drug-likeness (QED) is 0.528. The monoisotopic (exact) mass is 230 g/mol. The second-order valence-corrected chi connectivity index (χ2v) is 2.92. The van der Waals surface area contributed by atoms with Crippen LogP contribution in [0.4, 0.5) is 0 Å². The maximum Gasteiger partial charge on any atom is 0.347 e. The van der Waals surface area contributed by atoms with E-state index in [4.69, 9.17) is 9.84 Å². The van der Waals surface area contributed by atoms with Crippen molar-refractivity contribution in [2.45, 2.75) is 26.4 Å². The molecule has 0 amide bonds. The van der Waals surface area contributed by atoms with Crippen LogP contribution in [0.15, 0.2) is 12.2 Å². The molecule has 0 spiro atoms. The molecule has 0 rings (SSSR count). The number of carbonyl (C=O) groups excluding carboxylic acids is 2. The van der Waals surface area contributed by atoms with E-state index in [0.717, 1.165) is 6.08 Å². The van der Waals surface area contributed by atoms with Gasteiger partial charge in [0, 0.05) is 12.2 Å². The normalized spacial score (nSPS) is 12.1. The maximum absolute atomic E-state index is 11.1. The van der Waals surface area contributed by atoms with Gasteiger partial charge in [0.05, 0.1) is 6.61 Å². The van der Waals surface area contributed by atoms with E-state index in [2.05, 4.69) is 4.74 Å². The molecule has 16 heavy (non-hydrogen) atoms. The van der Waals surface area contributed by atoms with Crippen molar-refractivity contribution in [1.29, 1.82) is 0 Å². The Morgan fingerprint density at radius 1 is 1.31 bits per heavy atom. The van der Waals surface area contributed by atoms with Crippen molar-refractivity contribution >= 4 is 17.9 Å². The van der Waals surface area contributed by atoms with Crippen molar-refractivity contribution in [1.82, 2.24) is 0 Å². The van der Waals surface area contributed by atoms with Crippen molar-refractivity contribution < 1.29 is 29.0 Å². The van der Waals surface area contributed by atoms with Crippen molar-refractivity contribution in [2.75, 3.05) is 6.61 Å². The molecule has 1 unspecified atom stereocenters. The van der Waals surface area contributed by atoms with E-state index < -0.39 is 24.0 Å². The zero-order valence-corrected chi connectivity index (χ0v) is 9.13. The predicted molar refractivity (Wildman–Crippen MR) is 53.6 cm³/mol. The molecule has 0 bridgehead atoms. The summed E-state index contributed by atoms with van der Waals surface area (Å²) in [4.78, 5) is 32.2. The molecule has 0 aromatic rings. The molecule has 0 radical (unpaired) electrons. The number of ether oxygens (including phenoxy) is 2. The van der Waals surface area contributed by atoms with Crippen LogP contribution in [-0.2, 0) is 23.9 Å². The van der Waals surface area contributed by atoms with Gasteiger partial charge in [0.15, 0.2) is 6.10 Å². The zero-order chi connectivity index (χ0) is 12.6. The molecule has 6 nitrogen and oxygen atoms in total. The molecule has 0 saturated heterocycles. The number of carboxylic acid groups (broad SMARTS) is 1. The Bertz CT molecular complexity index is 294. The standard InChI is InChI=1S/C10H14O6/c1-3-6-15-10(14)7(2)16-9(13)5-4-8(11)12/h4-5,7H,3,6H2,1-2H3,(H,11,12)/b5-4+. The molecule has 0 saturated carbocycles.